The van der Waals surface area contributed by atoms with Gasteiger partial charge in [0.25, 0.3) is 5.91 Å². The van der Waals surface area contributed by atoms with Crippen molar-refractivity contribution in [1.29, 1.82) is 0 Å². The van der Waals surface area contributed by atoms with Crippen LogP contribution in [0.25, 0.3) is 0 Å². The van der Waals surface area contributed by atoms with Gasteiger partial charge in [-0.1, -0.05) is 12.1 Å². The molecule has 0 saturated carbocycles. The molecule has 0 bridgehead atoms. The highest BCUT2D eigenvalue weighted by Crippen LogP contribution is 2.25. The van der Waals surface area contributed by atoms with Crippen LogP contribution < -0.4 is 10.1 Å². The van der Waals surface area contributed by atoms with Crippen molar-refractivity contribution < 1.29 is 14.3 Å². The molecule has 1 aromatic heterocycles. The zero-order valence-electron chi connectivity index (χ0n) is 9.67. The Kier molecular flexibility index (Phi) is 3.74. The molecule has 18 heavy (non-hydrogen) atoms. The zero-order valence-corrected chi connectivity index (χ0v) is 10.5. The minimum atomic E-state index is -0.309. The number of para-hydroxylation sites is 2. The van der Waals surface area contributed by atoms with Crippen molar-refractivity contribution in [2.24, 2.45) is 0 Å². The van der Waals surface area contributed by atoms with E-state index in [4.69, 9.17) is 4.74 Å². The highest BCUT2D eigenvalue weighted by atomic mass is 32.1. The number of thiophene rings is 1. The average Bonchev–Trinajstić information content (AvgIpc) is 2.87. The number of rotatable bonds is 4. The molecule has 0 aliphatic carbocycles. The van der Waals surface area contributed by atoms with E-state index in [-0.39, 0.29) is 5.91 Å². The van der Waals surface area contributed by atoms with Gasteiger partial charge in [-0.05, 0) is 23.6 Å². The third-order valence-corrected chi connectivity index (χ3v) is 3.31. The molecule has 92 valence electrons. The summed E-state index contributed by atoms with van der Waals surface area (Å²) in [4.78, 5) is 23.2. The molecular weight excluding hydrogens is 250 g/mol. The molecule has 0 spiro atoms. The summed E-state index contributed by atoms with van der Waals surface area (Å²) in [5.41, 5.74) is 0.975. The number of benzene rings is 1. The first-order chi connectivity index (χ1) is 8.76. The predicted octanol–water partition coefficient (Wildman–Crippen LogP) is 2.82. The largest absolute Gasteiger partial charge is 0.495 e. The first-order valence-corrected chi connectivity index (χ1v) is 6.11. The topological polar surface area (TPSA) is 55.4 Å². The van der Waals surface area contributed by atoms with Crippen molar-refractivity contribution in [3.63, 3.8) is 0 Å². The van der Waals surface area contributed by atoms with E-state index in [1.165, 1.54) is 18.4 Å². The highest BCUT2D eigenvalue weighted by molar-refractivity contribution is 7.12. The lowest BCUT2D eigenvalue weighted by atomic mass is 10.2. The summed E-state index contributed by atoms with van der Waals surface area (Å²) in [6, 6.07) is 8.73. The Hall–Kier alpha value is -2.14. The first kappa shape index (κ1) is 12.3. The van der Waals surface area contributed by atoms with Crippen molar-refractivity contribution in [3.8, 4) is 5.75 Å². The van der Waals surface area contributed by atoms with Gasteiger partial charge in [0, 0.05) is 5.56 Å². The third kappa shape index (κ3) is 2.41. The number of anilines is 1. The van der Waals surface area contributed by atoms with Gasteiger partial charge in [0.15, 0.2) is 6.29 Å². The molecule has 5 heteroatoms. The van der Waals surface area contributed by atoms with E-state index in [2.05, 4.69) is 5.32 Å². The van der Waals surface area contributed by atoms with Gasteiger partial charge in [-0.3, -0.25) is 9.59 Å². The van der Waals surface area contributed by atoms with E-state index in [0.29, 0.717) is 28.2 Å². The second-order valence-electron chi connectivity index (χ2n) is 3.48. The predicted molar refractivity (Wildman–Crippen MR) is 70.7 cm³/mol. The molecule has 2 aromatic rings. The minimum absolute atomic E-state index is 0.309. The Labute approximate surface area is 108 Å². The Morgan fingerprint density at radius 2 is 2.11 bits per heavy atom. The van der Waals surface area contributed by atoms with Crippen LogP contribution in [0.3, 0.4) is 0 Å². The van der Waals surface area contributed by atoms with Gasteiger partial charge in [-0.15, -0.1) is 11.3 Å². The number of nitrogens with one attached hydrogen (secondary N) is 1. The highest BCUT2D eigenvalue weighted by Gasteiger charge is 2.14. The molecule has 1 N–H and O–H groups in total. The van der Waals surface area contributed by atoms with Gasteiger partial charge in [0.2, 0.25) is 0 Å². The molecule has 0 unspecified atom stereocenters. The van der Waals surface area contributed by atoms with Crippen LogP contribution >= 0.6 is 11.3 Å². The van der Waals surface area contributed by atoms with Gasteiger partial charge in [0.1, 0.15) is 10.6 Å². The fourth-order valence-electron chi connectivity index (χ4n) is 1.52. The van der Waals surface area contributed by atoms with Gasteiger partial charge < -0.3 is 10.1 Å². The van der Waals surface area contributed by atoms with E-state index in [1.807, 2.05) is 6.07 Å². The number of hydrogen-bond donors (Lipinski definition) is 1. The first-order valence-electron chi connectivity index (χ1n) is 5.23. The van der Waals surface area contributed by atoms with Crippen molar-refractivity contribution in [1.82, 2.24) is 0 Å². The van der Waals surface area contributed by atoms with Crippen molar-refractivity contribution in [2.45, 2.75) is 0 Å². The van der Waals surface area contributed by atoms with E-state index in [9.17, 15) is 9.59 Å². The summed E-state index contributed by atoms with van der Waals surface area (Å²) in [5.74, 6) is 0.270. The van der Waals surface area contributed by atoms with Crippen molar-refractivity contribution in [3.05, 3.63) is 46.2 Å². The summed E-state index contributed by atoms with van der Waals surface area (Å²) in [6.07, 6.45) is 0.674. The van der Waals surface area contributed by atoms with Gasteiger partial charge in [-0.2, -0.15) is 0 Å². The summed E-state index contributed by atoms with van der Waals surface area (Å²) in [5, 5.41) is 4.44. The van der Waals surface area contributed by atoms with Crippen molar-refractivity contribution >= 4 is 29.2 Å². The molecule has 4 nitrogen and oxygen atoms in total. The Balaban J connectivity index is 2.24. The fourth-order valence-corrected chi connectivity index (χ4v) is 2.28. The van der Waals surface area contributed by atoms with Gasteiger partial charge in [-0.25, -0.2) is 0 Å². The lowest BCUT2D eigenvalue weighted by molar-refractivity contribution is 0.102. The molecule has 1 aromatic carbocycles. The lowest BCUT2D eigenvalue weighted by Gasteiger charge is -2.09. The number of carbonyl (C=O) groups excluding carboxylic acids is 2. The summed E-state index contributed by atoms with van der Waals surface area (Å²) < 4.78 is 5.14. The number of amides is 1. The smallest absolute Gasteiger partial charge is 0.266 e. The lowest BCUT2D eigenvalue weighted by Crippen LogP contribution is -2.12. The number of aldehydes is 1. The van der Waals surface area contributed by atoms with E-state index >= 15 is 0 Å². The average molecular weight is 261 g/mol. The van der Waals surface area contributed by atoms with Crippen LogP contribution in [0.5, 0.6) is 5.75 Å². The minimum Gasteiger partial charge on any atom is -0.495 e. The summed E-state index contributed by atoms with van der Waals surface area (Å²) >= 11 is 1.23. The Morgan fingerprint density at radius 1 is 1.33 bits per heavy atom. The SMILES string of the molecule is COc1ccccc1NC(=O)c1sccc1C=O. The normalized spacial score (nSPS) is 9.83. The monoisotopic (exact) mass is 261 g/mol. The van der Waals surface area contributed by atoms with Crippen LogP contribution in [0.4, 0.5) is 5.69 Å². The van der Waals surface area contributed by atoms with Crippen LogP contribution in [0, 0.1) is 0 Å². The van der Waals surface area contributed by atoms with E-state index in [0.717, 1.165) is 0 Å². The molecule has 0 aliphatic heterocycles. The molecule has 1 heterocycles. The maximum atomic E-state index is 12.0. The standard InChI is InChI=1S/C13H11NO3S/c1-17-11-5-3-2-4-10(11)14-13(16)12-9(8-15)6-7-18-12/h2-8H,1H3,(H,14,16). The fraction of sp³-hybridized carbons (Fsp3) is 0.0769. The molecule has 0 aliphatic rings. The quantitative estimate of drug-likeness (QED) is 0.861. The van der Waals surface area contributed by atoms with Crippen LogP contribution in [-0.4, -0.2) is 19.3 Å². The second-order valence-corrected chi connectivity index (χ2v) is 4.39. The maximum Gasteiger partial charge on any atom is 0.266 e. The molecule has 1 amide bonds. The van der Waals surface area contributed by atoms with Crippen LogP contribution in [-0.2, 0) is 0 Å². The van der Waals surface area contributed by atoms with Gasteiger partial charge in [0.05, 0.1) is 12.8 Å². The maximum absolute atomic E-state index is 12.0. The molecule has 0 fully saturated rings. The van der Waals surface area contributed by atoms with Crippen LogP contribution in [0.15, 0.2) is 35.7 Å². The van der Waals surface area contributed by atoms with Crippen LogP contribution in [0.2, 0.25) is 0 Å². The molecule has 0 radical (unpaired) electrons. The molecule has 0 saturated heterocycles. The Bertz CT molecular complexity index is 577. The number of carbonyl (C=O) groups is 2. The number of hydrogen-bond acceptors (Lipinski definition) is 4. The zero-order chi connectivity index (χ0) is 13.0. The van der Waals surface area contributed by atoms with E-state index in [1.54, 1.807) is 29.6 Å². The van der Waals surface area contributed by atoms with Crippen LogP contribution in [0.1, 0.15) is 20.0 Å². The number of ether oxygens (including phenoxy) is 1. The van der Waals surface area contributed by atoms with Crippen molar-refractivity contribution in [2.75, 3.05) is 12.4 Å². The number of methoxy groups -OCH3 is 1. The Morgan fingerprint density at radius 3 is 2.83 bits per heavy atom. The second kappa shape index (κ2) is 5.46. The van der Waals surface area contributed by atoms with Gasteiger partial charge >= 0.3 is 0 Å². The third-order valence-electron chi connectivity index (χ3n) is 2.38. The molecule has 2 rings (SSSR count). The summed E-state index contributed by atoms with van der Waals surface area (Å²) in [7, 11) is 1.53. The molecular formula is C13H11NO3S. The summed E-state index contributed by atoms with van der Waals surface area (Å²) in [6.45, 7) is 0. The van der Waals surface area contributed by atoms with E-state index < -0.39 is 0 Å². The molecule has 0 atom stereocenters.